The fourth-order valence-electron chi connectivity index (χ4n) is 3.11. The Morgan fingerprint density at radius 3 is 2.64 bits per heavy atom. The Morgan fingerprint density at radius 1 is 1.32 bits per heavy atom. The van der Waals surface area contributed by atoms with Gasteiger partial charge in [0.05, 0.1) is 11.0 Å². The first-order valence-corrected chi connectivity index (χ1v) is 8.55. The number of hydrogen-bond acceptors (Lipinski definition) is 3. The van der Waals surface area contributed by atoms with Gasteiger partial charge in [-0.25, -0.2) is 9.36 Å². The smallest absolute Gasteiger partial charge is 0.419 e. The first-order valence-electron chi connectivity index (χ1n) is 7.75. The molecule has 2 aromatic heterocycles. The van der Waals surface area contributed by atoms with Crippen molar-refractivity contribution < 1.29 is 9.53 Å². The van der Waals surface area contributed by atoms with Crippen LogP contribution >= 0.6 is 15.9 Å². The summed E-state index contributed by atoms with van der Waals surface area (Å²) < 4.78 is 8.19. The highest BCUT2D eigenvalue weighted by Crippen LogP contribution is 2.37. The Labute approximate surface area is 139 Å². The van der Waals surface area contributed by atoms with Gasteiger partial charge in [-0.05, 0) is 67.6 Å². The Balaban J connectivity index is 2.12. The molecule has 0 radical (unpaired) electrons. The summed E-state index contributed by atoms with van der Waals surface area (Å²) >= 11 is 3.44. The summed E-state index contributed by atoms with van der Waals surface area (Å²) in [6.45, 7) is 5.67. The van der Waals surface area contributed by atoms with Crippen LogP contribution in [0.3, 0.4) is 0 Å². The van der Waals surface area contributed by atoms with Crippen molar-refractivity contribution in [3.8, 4) is 0 Å². The number of aromatic nitrogens is 2. The zero-order valence-corrected chi connectivity index (χ0v) is 14.8. The number of carbonyl (C=O) groups excluding carboxylic acids is 1. The van der Waals surface area contributed by atoms with Crippen LogP contribution in [0.2, 0.25) is 0 Å². The average Bonchev–Trinajstić information content (AvgIpc) is 3.02. The SMILES string of the molecule is CC(C)(C)OC(=O)n1c(C2CCCC2)cc2ncc(Br)cc21. The number of hydrogen-bond donors (Lipinski definition) is 0. The van der Waals surface area contributed by atoms with E-state index in [-0.39, 0.29) is 6.09 Å². The molecule has 1 fully saturated rings. The molecule has 0 saturated heterocycles. The number of pyridine rings is 1. The minimum absolute atomic E-state index is 0.315. The normalized spacial score (nSPS) is 16.4. The predicted molar refractivity (Wildman–Crippen MR) is 90.3 cm³/mol. The zero-order valence-electron chi connectivity index (χ0n) is 13.2. The molecule has 3 rings (SSSR count). The minimum Gasteiger partial charge on any atom is -0.443 e. The molecule has 0 unspecified atom stereocenters. The lowest BCUT2D eigenvalue weighted by Gasteiger charge is -2.22. The van der Waals surface area contributed by atoms with Gasteiger partial charge in [-0.2, -0.15) is 0 Å². The van der Waals surface area contributed by atoms with E-state index in [1.807, 2.05) is 32.9 Å². The van der Waals surface area contributed by atoms with Gasteiger partial charge in [0.2, 0.25) is 0 Å². The van der Waals surface area contributed by atoms with Crippen LogP contribution in [0.5, 0.6) is 0 Å². The fourth-order valence-corrected chi connectivity index (χ4v) is 3.43. The van der Waals surface area contributed by atoms with Crippen LogP contribution in [0.25, 0.3) is 11.0 Å². The van der Waals surface area contributed by atoms with Gasteiger partial charge < -0.3 is 4.74 Å². The van der Waals surface area contributed by atoms with Crippen LogP contribution in [0.4, 0.5) is 4.79 Å². The van der Waals surface area contributed by atoms with E-state index < -0.39 is 5.60 Å². The lowest BCUT2D eigenvalue weighted by atomic mass is 10.0. The molecule has 4 nitrogen and oxygen atoms in total. The molecule has 118 valence electrons. The summed E-state index contributed by atoms with van der Waals surface area (Å²) in [5.41, 5.74) is 2.17. The quantitative estimate of drug-likeness (QED) is 0.694. The topological polar surface area (TPSA) is 44.1 Å². The maximum atomic E-state index is 12.7. The van der Waals surface area contributed by atoms with E-state index in [0.717, 1.165) is 34.0 Å². The summed E-state index contributed by atoms with van der Waals surface area (Å²) in [6.07, 6.45) is 6.14. The van der Waals surface area contributed by atoms with E-state index in [4.69, 9.17) is 4.74 Å². The molecule has 0 atom stereocenters. The van der Waals surface area contributed by atoms with E-state index in [0.29, 0.717) is 5.92 Å². The number of ether oxygens (including phenoxy) is 1. The van der Waals surface area contributed by atoms with Crippen LogP contribution in [0, 0.1) is 0 Å². The summed E-state index contributed by atoms with van der Waals surface area (Å²) in [5, 5.41) is 0. The van der Waals surface area contributed by atoms with Crippen molar-refractivity contribution in [2.45, 2.75) is 58.0 Å². The molecule has 5 heteroatoms. The van der Waals surface area contributed by atoms with Crippen LogP contribution in [0.1, 0.15) is 58.1 Å². The van der Waals surface area contributed by atoms with Gasteiger partial charge >= 0.3 is 6.09 Å². The fraction of sp³-hybridized carbons (Fsp3) is 0.529. The second-order valence-electron chi connectivity index (χ2n) is 6.92. The monoisotopic (exact) mass is 364 g/mol. The lowest BCUT2D eigenvalue weighted by molar-refractivity contribution is 0.0538. The molecule has 0 bridgehead atoms. The highest BCUT2D eigenvalue weighted by Gasteiger charge is 2.28. The van der Waals surface area contributed by atoms with Crippen molar-refractivity contribution in [2.75, 3.05) is 0 Å². The Morgan fingerprint density at radius 2 is 2.00 bits per heavy atom. The van der Waals surface area contributed by atoms with E-state index >= 15 is 0 Å². The van der Waals surface area contributed by atoms with Crippen molar-refractivity contribution in [1.82, 2.24) is 9.55 Å². The summed E-state index contributed by atoms with van der Waals surface area (Å²) in [6, 6.07) is 3.98. The number of fused-ring (bicyclic) bond motifs is 1. The van der Waals surface area contributed by atoms with Crippen molar-refractivity contribution in [3.05, 3.63) is 28.5 Å². The molecule has 1 aliphatic rings. The Kier molecular flexibility index (Phi) is 4.02. The molecule has 2 aromatic rings. The van der Waals surface area contributed by atoms with Gasteiger partial charge in [0.1, 0.15) is 5.60 Å². The molecule has 0 N–H and O–H groups in total. The largest absolute Gasteiger partial charge is 0.443 e. The number of nitrogens with zero attached hydrogens (tertiary/aromatic N) is 2. The van der Waals surface area contributed by atoms with Gasteiger partial charge in [0.25, 0.3) is 0 Å². The van der Waals surface area contributed by atoms with Crippen LogP contribution in [0.15, 0.2) is 22.8 Å². The van der Waals surface area contributed by atoms with Crippen molar-refractivity contribution in [1.29, 1.82) is 0 Å². The minimum atomic E-state index is -0.514. The molecule has 2 heterocycles. The molecule has 22 heavy (non-hydrogen) atoms. The van der Waals surface area contributed by atoms with E-state index in [1.54, 1.807) is 10.8 Å². The third-order valence-electron chi connectivity index (χ3n) is 4.00. The molecule has 0 aliphatic heterocycles. The van der Waals surface area contributed by atoms with Gasteiger partial charge in [-0.3, -0.25) is 4.98 Å². The summed E-state index contributed by atoms with van der Waals surface area (Å²) in [5.74, 6) is 0.417. The molecule has 0 aromatic carbocycles. The second-order valence-corrected chi connectivity index (χ2v) is 7.84. The molecule has 0 amide bonds. The van der Waals surface area contributed by atoms with Gasteiger partial charge in [0, 0.05) is 16.4 Å². The number of carbonyl (C=O) groups is 1. The maximum Gasteiger partial charge on any atom is 0.419 e. The molecule has 1 saturated carbocycles. The Bertz CT molecular complexity index is 709. The third-order valence-corrected chi connectivity index (χ3v) is 4.43. The van der Waals surface area contributed by atoms with Gasteiger partial charge in [0.15, 0.2) is 0 Å². The van der Waals surface area contributed by atoms with Crippen LogP contribution in [-0.2, 0) is 4.74 Å². The van der Waals surface area contributed by atoms with E-state index in [9.17, 15) is 4.79 Å². The van der Waals surface area contributed by atoms with E-state index in [1.165, 1.54) is 12.8 Å². The first-order chi connectivity index (χ1) is 10.3. The second kappa shape index (κ2) is 5.69. The van der Waals surface area contributed by atoms with Crippen molar-refractivity contribution in [2.24, 2.45) is 0 Å². The predicted octanol–water partition coefficient (Wildman–Crippen LogP) is 5.24. The molecule has 0 spiro atoms. The maximum absolute atomic E-state index is 12.7. The highest BCUT2D eigenvalue weighted by molar-refractivity contribution is 9.10. The van der Waals surface area contributed by atoms with Crippen molar-refractivity contribution >= 4 is 33.1 Å². The third kappa shape index (κ3) is 3.05. The van der Waals surface area contributed by atoms with E-state index in [2.05, 4.69) is 20.9 Å². The standard InChI is InChI=1S/C17H21BrN2O2/c1-17(2,3)22-16(21)20-14(11-6-4-5-7-11)9-13-15(20)8-12(18)10-19-13/h8-11H,4-7H2,1-3H3. The summed E-state index contributed by atoms with van der Waals surface area (Å²) in [4.78, 5) is 17.2. The van der Waals surface area contributed by atoms with Crippen molar-refractivity contribution in [3.63, 3.8) is 0 Å². The van der Waals surface area contributed by atoms with Gasteiger partial charge in [-0.1, -0.05) is 12.8 Å². The molecule has 1 aliphatic carbocycles. The summed E-state index contributed by atoms with van der Waals surface area (Å²) in [7, 11) is 0. The molecular formula is C17H21BrN2O2. The Hall–Kier alpha value is -1.36. The lowest BCUT2D eigenvalue weighted by Crippen LogP contribution is -2.28. The highest BCUT2D eigenvalue weighted by atomic mass is 79.9. The van der Waals surface area contributed by atoms with Crippen LogP contribution in [-0.4, -0.2) is 21.2 Å². The zero-order chi connectivity index (χ0) is 15.9. The number of rotatable bonds is 1. The van der Waals surface area contributed by atoms with Gasteiger partial charge in [-0.15, -0.1) is 0 Å². The first kappa shape index (κ1) is 15.5. The van der Waals surface area contributed by atoms with Crippen LogP contribution < -0.4 is 0 Å². The average molecular weight is 365 g/mol. The number of halogens is 1. The molecular weight excluding hydrogens is 344 g/mol.